The molecule has 2 aromatic rings. The van der Waals surface area contributed by atoms with Gasteiger partial charge in [-0.25, -0.2) is 4.68 Å². The smallest absolute Gasteiger partial charge is 0.327 e. The summed E-state index contributed by atoms with van der Waals surface area (Å²) in [5.74, 6) is -0.0407. The van der Waals surface area contributed by atoms with Gasteiger partial charge in [0, 0.05) is 18.2 Å². The van der Waals surface area contributed by atoms with E-state index in [0.717, 1.165) is 25.7 Å². The maximum atomic E-state index is 11.8. The molecule has 3 N–H and O–H groups in total. The molecule has 1 aromatic heterocycles. The third kappa shape index (κ3) is 4.71. The van der Waals surface area contributed by atoms with Gasteiger partial charge in [-0.05, 0) is 34.9 Å². The fourth-order valence-corrected chi connectivity index (χ4v) is 3.65. The molecular formula is C18H25N7O5. The lowest BCUT2D eigenvalue weighted by Crippen LogP contribution is -2.49. The number of methoxy groups -OCH3 is 2. The average Bonchev–Trinajstić information content (AvgIpc) is 3.20. The number of benzene rings is 1. The van der Waals surface area contributed by atoms with E-state index in [1.54, 1.807) is 6.07 Å². The molecule has 0 saturated heterocycles. The number of nitrogens with zero attached hydrogens (tertiary/aromatic N) is 5. The summed E-state index contributed by atoms with van der Waals surface area (Å²) >= 11 is 0. The molecule has 1 aliphatic rings. The maximum absolute atomic E-state index is 11.8. The molecule has 162 valence electrons. The molecule has 30 heavy (non-hydrogen) atoms. The Kier molecular flexibility index (Phi) is 6.90. The number of esters is 1. The third-order valence-electron chi connectivity index (χ3n) is 5.26. The molecule has 0 amide bonds. The van der Waals surface area contributed by atoms with Gasteiger partial charge in [0.2, 0.25) is 0 Å². The molecule has 3 atom stereocenters. The molecule has 1 fully saturated rings. The highest BCUT2D eigenvalue weighted by atomic mass is 16.6. The molecule has 1 saturated carbocycles. The van der Waals surface area contributed by atoms with Crippen LogP contribution in [-0.2, 0) is 16.1 Å². The molecule has 12 nitrogen and oxygen atoms in total. The second-order valence-electron chi connectivity index (χ2n) is 7.11. The number of hydrogen-bond acceptors (Lipinski definition) is 10. The van der Waals surface area contributed by atoms with E-state index in [4.69, 9.17) is 15.2 Å². The first-order chi connectivity index (χ1) is 14.4. The molecule has 1 aromatic carbocycles. The lowest BCUT2D eigenvalue weighted by atomic mass is 9.89. The van der Waals surface area contributed by atoms with Crippen molar-refractivity contribution in [2.45, 2.75) is 50.4 Å². The van der Waals surface area contributed by atoms with Crippen LogP contribution in [-0.4, -0.2) is 57.4 Å². The van der Waals surface area contributed by atoms with Gasteiger partial charge >= 0.3 is 11.7 Å². The molecule has 12 heteroatoms. The average molecular weight is 419 g/mol. The number of tetrazole rings is 1. The van der Waals surface area contributed by atoms with E-state index < -0.39 is 16.9 Å². The van der Waals surface area contributed by atoms with E-state index in [1.807, 2.05) is 0 Å². The monoisotopic (exact) mass is 419 g/mol. The number of nitrogens with one attached hydrogen (secondary N) is 1. The second-order valence-corrected chi connectivity index (χ2v) is 7.11. The first-order valence-electron chi connectivity index (χ1n) is 9.61. The Bertz CT molecular complexity index is 903. The van der Waals surface area contributed by atoms with E-state index in [-0.39, 0.29) is 30.1 Å². The molecule has 0 aliphatic heterocycles. The molecule has 1 heterocycles. The summed E-state index contributed by atoms with van der Waals surface area (Å²) in [6.45, 7) is -0.189. The van der Waals surface area contributed by atoms with Gasteiger partial charge in [0.1, 0.15) is 6.54 Å². The zero-order valence-electron chi connectivity index (χ0n) is 16.9. The molecule has 3 rings (SSSR count). The maximum Gasteiger partial charge on any atom is 0.327 e. The van der Waals surface area contributed by atoms with E-state index >= 15 is 0 Å². The van der Waals surface area contributed by atoms with Crippen molar-refractivity contribution in [1.82, 2.24) is 25.5 Å². The van der Waals surface area contributed by atoms with Crippen LogP contribution in [0.25, 0.3) is 0 Å². The topological polar surface area (TPSA) is 160 Å². The minimum Gasteiger partial charge on any atom is -0.490 e. The van der Waals surface area contributed by atoms with Gasteiger partial charge in [-0.2, -0.15) is 0 Å². The number of ether oxygens (including phenoxy) is 2. The number of hydrogen-bond donors (Lipinski definition) is 2. The Morgan fingerprint density at radius 2 is 2.17 bits per heavy atom. The van der Waals surface area contributed by atoms with Crippen LogP contribution in [0.4, 0.5) is 5.69 Å². The third-order valence-corrected chi connectivity index (χ3v) is 5.26. The van der Waals surface area contributed by atoms with Gasteiger partial charge in [-0.3, -0.25) is 20.2 Å². The van der Waals surface area contributed by atoms with Crippen molar-refractivity contribution < 1.29 is 19.2 Å². The molecule has 0 bridgehead atoms. The van der Waals surface area contributed by atoms with Gasteiger partial charge < -0.3 is 15.2 Å². The predicted molar refractivity (Wildman–Crippen MR) is 105 cm³/mol. The van der Waals surface area contributed by atoms with Crippen LogP contribution in [0.15, 0.2) is 18.2 Å². The van der Waals surface area contributed by atoms with Crippen molar-refractivity contribution in [2.75, 3.05) is 14.2 Å². The minimum atomic E-state index is -0.622. The van der Waals surface area contributed by atoms with Crippen LogP contribution >= 0.6 is 0 Å². The first kappa shape index (κ1) is 21.6. The zero-order valence-corrected chi connectivity index (χ0v) is 16.9. The standard InChI is InChI=1S/C18H25N7O5/c1-29-15-8-7-11(9-14(15)25(27)28)17(20-13-6-4-3-5-12(13)19)18-21-22-23-24(18)10-16(26)30-2/h7-9,12-13,17,20H,3-6,10,19H2,1-2H3. The van der Waals surface area contributed by atoms with Crippen LogP contribution in [0.1, 0.15) is 43.1 Å². The van der Waals surface area contributed by atoms with E-state index in [2.05, 4.69) is 20.8 Å². The zero-order chi connectivity index (χ0) is 21.7. The Morgan fingerprint density at radius 3 is 2.83 bits per heavy atom. The number of nitrogens with two attached hydrogens (primary N) is 1. The van der Waals surface area contributed by atoms with Crippen LogP contribution in [0, 0.1) is 10.1 Å². The molecular weight excluding hydrogens is 394 g/mol. The molecule has 0 radical (unpaired) electrons. The Labute approximate surface area is 172 Å². The van der Waals surface area contributed by atoms with Crippen LogP contribution in [0.3, 0.4) is 0 Å². The lowest BCUT2D eigenvalue weighted by Gasteiger charge is -2.33. The highest BCUT2D eigenvalue weighted by Gasteiger charge is 2.31. The number of aromatic nitrogens is 4. The van der Waals surface area contributed by atoms with Crippen molar-refractivity contribution in [3.63, 3.8) is 0 Å². The summed E-state index contributed by atoms with van der Waals surface area (Å²) in [6, 6.07) is 3.92. The molecule has 0 spiro atoms. The Hall–Kier alpha value is -3.12. The van der Waals surface area contributed by atoms with Crippen molar-refractivity contribution in [3.05, 3.63) is 39.7 Å². The van der Waals surface area contributed by atoms with Crippen molar-refractivity contribution in [2.24, 2.45) is 5.73 Å². The van der Waals surface area contributed by atoms with Gasteiger partial charge in [-0.15, -0.1) is 5.10 Å². The summed E-state index contributed by atoms with van der Waals surface area (Å²) in [5, 5.41) is 26.6. The second kappa shape index (κ2) is 9.59. The SMILES string of the molecule is COC(=O)Cn1nnnc1C(NC1CCCCC1N)c1ccc(OC)c([N+](=O)[O-])c1. The number of nitro benzene ring substituents is 1. The predicted octanol–water partition coefficient (Wildman–Crippen LogP) is 0.712. The van der Waals surface area contributed by atoms with Crippen molar-refractivity contribution in [1.29, 1.82) is 0 Å². The van der Waals surface area contributed by atoms with Gasteiger partial charge in [-0.1, -0.05) is 18.9 Å². The fourth-order valence-electron chi connectivity index (χ4n) is 3.65. The summed E-state index contributed by atoms with van der Waals surface area (Å²) in [7, 11) is 2.64. The fraction of sp³-hybridized carbons (Fsp3) is 0.556. The summed E-state index contributed by atoms with van der Waals surface area (Å²) < 4.78 is 11.1. The molecule has 1 aliphatic carbocycles. The van der Waals surface area contributed by atoms with Crippen LogP contribution in [0.2, 0.25) is 0 Å². The molecule has 3 unspecified atom stereocenters. The quantitative estimate of drug-likeness (QED) is 0.354. The number of rotatable bonds is 8. The van der Waals surface area contributed by atoms with E-state index in [1.165, 1.54) is 31.0 Å². The van der Waals surface area contributed by atoms with Gasteiger partial charge in [0.05, 0.1) is 25.2 Å². The minimum absolute atomic E-state index is 0.0341. The van der Waals surface area contributed by atoms with Gasteiger partial charge in [0.15, 0.2) is 11.6 Å². The van der Waals surface area contributed by atoms with Crippen molar-refractivity contribution >= 4 is 11.7 Å². The Balaban J connectivity index is 2.02. The van der Waals surface area contributed by atoms with E-state index in [0.29, 0.717) is 11.4 Å². The number of carbonyl (C=O) groups is 1. The largest absolute Gasteiger partial charge is 0.490 e. The Morgan fingerprint density at radius 1 is 1.40 bits per heavy atom. The van der Waals surface area contributed by atoms with Gasteiger partial charge in [0.25, 0.3) is 0 Å². The summed E-state index contributed by atoms with van der Waals surface area (Å²) in [6.07, 6.45) is 3.81. The number of carbonyl (C=O) groups excluding carboxylic acids is 1. The summed E-state index contributed by atoms with van der Waals surface area (Å²) in [4.78, 5) is 22.8. The first-order valence-corrected chi connectivity index (χ1v) is 9.61. The highest BCUT2D eigenvalue weighted by molar-refractivity contribution is 5.68. The lowest BCUT2D eigenvalue weighted by molar-refractivity contribution is -0.385. The van der Waals surface area contributed by atoms with E-state index in [9.17, 15) is 14.9 Å². The van der Waals surface area contributed by atoms with Crippen LogP contribution < -0.4 is 15.8 Å². The normalized spacial score (nSPS) is 19.8. The number of nitro groups is 1. The highest BCUT2D eigenvalue weighted by Crippen LogP contribution is 2.32. The van der Waals surface area contributed by atoms with Crippen molar-refractivity contribution in [3.8, 4) is 5.75 Å². The summed E-state index contributed by atoms with van der Waals surface area (Å²) in [5.41, 5.74) is 6.68. The van der Waals surface area contributed by atoms with Crippen LogP contribution in [0.5, 0.6) is 5.75 Å².